The van der Waals surface area contributed by atoms with Crippen LogP contribution < -0.4 is 10.1 Å². The van der Waals surface area contributed by atoms with Crippen LogP contribution >= 0.6 is 27.5 Å². The number of rotatable bonds is 5. The van der Waals surface area contributed by atoms with Gasteiger partial charge in [0.05, 0.1) is 0 Å². The lowest BCUT2D eigenvalue weighted by molar-refractivity contribution is -0.137. The predicted molar refractivity (Wildman–Crippen MR) is 95.1 cm³/mol. The molecule has 0 aliphatic carbocycles. The second kappa shape index (κ2) is 8.26. The number of nitrogens with zero attached hydrogens (tertiary/aromatic N) is 1. The van der Waals surface area contributed by atoms with E-state index in [1.807, 2.05) is 13.8 Å². The van der Waals surface area contributed by atoms with Crippen molar-refractivity contribution in [2.45, 2.75) is 19.9 Å². The van der Waals surface area contributed by atoms with Crippen molar-refractivity contribution < 1.29 is 14.3 Å². The van der Waals surface area contributed by atoms with Crippen LogP contribution in [0.2, 0.25) is 5.02 Å². The maximum atomic E-state index is 12.4. The monoisotopic (exact) mass is 410 g/mol. The summed E-state index contributed by atoms with van der Waals surface area (Å²) >= 11 is 9.03. The molecule has 126 valence electrons. The minimum Gasteiger partial charge on any atom is -0.422 e. The highest BCUT2D eigenvalue weighted by atomic mass is 79.9. The summed E-state index contributed by atoms with van der Waals surface area (Å²) in [5.74, 6) is -0.772. The minimum absolute atomic E-state index is 0.149. The number of nitrogens with one attached hydrogen (secondary N) is 1. The topological polar surface area (TPSA) is 68.3 Å². The molecule has 7 heteroatoms. The first kappa shape index (κ1) is 18.4. The summed E-state index contributed by atoms with van der Waals surface area (Å²) in [7, 11) is 0. The second-order valence-corrected chi connectivity index (χ2v) is 6.60. The smallest absolute Gasteiger partial charge is 0.334 e. The van der Waals surface area contributed by atoms with Gasteiger partial charge in [-0.1, -0.05) is 25.4 Å². The SMILES string of the molecule is CC(C)C(NC(=O)c1ccc(Cl)cc1)C(=O)Oc1cccnc1Br. The third-order valence-electron chi connectivity index (χ3n) is 3.25. The molecule has 1 unspecified atom stereocenters. The number of esters is 1. The normalized spacial score (nSPS) is 11.9. The van der Waals surface area contributed by atoms with Crippen LogP contribution in [0.1, 0.15) is 24.2 Å². The molecule has 0 spiro atoms. The molecule has 2 rings (SSSR count). The lowest BCUT2D eigenvalue weighted by Crippen LogP contribution is -2.46. The highest BCUT2D eigenvalue weighted by Crippen LogP contribution is 2.22. The van der Waals surface area contributed by atoms with Gasteiger partial charge in [-0.2, -0.15) is 0 Å². The fourth-order valence-corrected chi connectivity index (χ4v) is 2.40. The lowest BCUT2D eigenvalue weighted by atomic mass is 10.0. The van der Waals surface area contributed by atoms with Gasteiger partial charge in [-0.05, 0) is 58.2 Å². The number of ether oxygens (including phenoxy) is 1. The molecule has 1 aromatic heterocycles. The van der Waals surface area contributed by atoms with Crippen LogP contribution in [0, 0.1) is 5.92 Å². The molecule has 1 aromatic carbocycles. The van der Waals surface area contributed by atoms with Crippen LogP contribution in [0.25, 0.3) is 0 Å². The number of halogens is 2. The van der Waals surface area contributed by atoms with Crippen molar-refractivity contribution in [1.29, 1.82) is 0 Å². The molecule has 0 radical (unpaired) electrons. The van der Waals surface area contributed by atoms with E-state index in [4.69, 9.17) is 16.3 Å². The molecule has 0 saturated carbocycles. The highest BCUT2D eigenvalue weighted by molar-refractivity contribution is 9.10. The van der Waals surface area contributed by atoms with Gasteiger partial charge in [0.15, 0.2) is 5.75 Å². The Bertz CT molecular complexity index is 735. The molecule has 0 aliphatic rings. The Morgan fingerprint density at radius 2 is 1.88 bits per heavy atom. The van der Waals surface area contributed by atoms with Crippen molar-refractivity contribution in [2.24, 2.45) is 5.92 Å². The molecule has 0 aliphatic heterocycles. The molecule has 1 amide bonds. The Morgan fingerprint density at radius 3 is 2.46 bits per heavy atom. The zero-order valence-electron chi connectivity index (χ0n) is 13.1. The largest absolute Gasteiger partial charge is 0.422 e. The third kappa shape index (κ3) is 4.79. The summed E-state index contributed by atoms with van der Waals surface area (Å²) < 4.78 is 5.76. The number of aromatic nitrogens is 1. The molecular weight excluding hydrogens is 396 g/mol. The Balaban J connectivity index is 2.11. The molecule has 0 saturated heterocycles. The molecular formula is C17H16BrClN2O3. The summed E-state index contributed by atoms with van der Waals surface area (Å²) in [5.41, 5.74) is 0.417. The van der Waals surface area contributed by atoms with Crippen LogP contribution in [-0.2, 0) is 4.79 Å². The van der Waals surface area contributed by atoms with Gasteiger partial charge in [0.25, 0.3) is 5.91 Å². The average Bonchev–Trinajstić information content (AvgIpc) is 2.54. The Labute approximate surface area is 153 Å². The molecule has 1 atom stereocenters. The summed E-state index contributed by atoms with van der Waals surface area (Å²) in [6.45, 7) is 3.65. The van der Waals surface area contributed by atoms with E-state index < -0.39 is 12.0 Å². The fourth-order valence-electron chi connectivity index (χ4n) is 1.94. The number of carbonyl (C=O) groups excluding carboxylic acids is 2. The predicted octanol–water partition coefficient (Wildman–Crippen LogP) is 3.86. The summed E-state index contributed by atoms with van der Waals surface area (Å²) in [4.78, 5) is 28.7. The maximum absolute atomic E-state index is 12.4. The number of pyridine rings is 1. The van der Waals surface area contributed by atoms with Crippen LogP contribution in [0.3, 0.4) is 0 Å². The van der Waals surface area contributed by atoms with E-state index in [1.54, 1.807) is 42.6 Å². The number of amides is 1. The first-order valence-electron chi connectivity index (χ1n) is 7.27. The van der Waals surface area contributed by atoms with Crippen molar-refractivity contribution in [2.75, 3.05) is 0 Å². The lowest BCUT2D eigenvalue weighted by Gasteiger charge is -2.21. The Morgan fingerprint density at radius 1 is 1.21 bits per heavy atom. The van der Waals surface area contributed by atoms with Crippen LogP contribution in [0.4, 0.5) is 0 Å². The van der Waals surface area contributed by atoms with Gasteiger partial charge in [0.2, 0.25) is 0 Å². The number of hydrogen-bond donors (Lipinski definition) is 1. The van der Waals surface area contributed by atoms with Gasteiger partial charge in [-0.3, -0.25) is 4.79 Å². The third-order valence-corrected chi connectivity index (χ3v) is 4.10. The van der Waals surface area contributed by atoms with Gasteiger partial charge in [0.1, 0.15) is 10.6 Å². The van der Waals surface area contributed by atoms with E-state index >= 15 is 0 Å². The number of benzene rings is 1. The maximum Gasteiger partial charge on any atom is 0.334 e. The van der Waals surface area contributed by atoms with Gasteiger partial charge in [0, 0.05) is 16.8 Å². The van der Waals surface area contributed by atoms with E-state index in [9.17, 15) is 9.59 Å². The molecule has 24 heavy (non-hydrogen) atoms. The average molecular weight is 412 g/mol. The van der Waals surface area contributed by atoms with Gasteiger partial charge >= 0.3 is 5.97 Å². The van der Waals surface area contributed by atoms with E-state index in [0.717, 1.165) is 0 Å². The van der Waals surface area contributed by atoms with Crippen molar-refractivity contribution in [1.82, 2.24) is 10.3 Å². The quantitative estimate of drug-likeness (QED) is 0.599. The number of carbonyl (C=O) groups is 2. The van der Waals surface area contributed by atoms with Crippen molar-refractivity contribution >= 4 is 39.4 Å². The highest BCUT2D eigenvalue weighted by Gasteiger charge is 2.27. The number of hydrogen-bond acceptors (Lipinski definition) is 4. The molecule has 5 nitrogen and oxygen atoms in total. The summed E-state index contributed by atoms with van der Waals surface area (Å²) in [6.07, 6.45) is 1.57. The standard InChI is InChI=1S/C17H16BrClN2O3/c1-10(2)14(17(23)24-13-4-3-9-20-15(13)18)21-16(22)11-5-7-12(19)8-6-11/h3-10,14H,1-2H3,(H,21,22). The van der Waals surface area contributed by atoms with E-state index in [2.05, 4.69) is 26.2 Å². The van der Waals surface area contributed by atoms with Gasteiger partial charge < -0.3 is 10.1 Å². The van der Waals surface area contributed by atoms with E-state index in [0.29, 0.717) is 20.9 Å². The Hall–Kier alpha value is -1.92. The zero-order valence-corrected chi connectivity index (χ0v) is 15.5. The van der Waals surface area contributed by atoms with E-state index in [-0.39, 0.29) is 11.8 Å². The van der Waals surface area contributed by atoms with Crippen LogP contribution in [-0.4, -0.2) is 22.9 Å². The van der Waals surface area contributed by atoms with Crippen molar-refractivity contribution in [3.05, 3.63) is 57.8 Å². The second-order valence-electron chi connectivity index (χ2n) is 5.42. The fraction of sp³-hybridized carbons (Fsp3) is 0.235. The molecule has 0 fully saturated rings. The molecule has 2 aromatic rings. The van der Waals surface area contributed by atoms with Gasteiger partial charge in [-0.15, -0.1) is 0 Å². The van der Waals surface area contributed by atoms with Crippen LogP contribution in [0.15, 0.2) is 47.2 Å². The van der Waals surface area contributed by atoms with Gasteiger partial charge in [-0.25, -0.2) is 9.78 Å². The molecule has 1 heterocycles. The van der Waals surface area contributed by atoms with Crippen molar-refractivity contribution in [3.63, 3.8) is 0 Å². The summed E-state index contributed by atoms with van der Waals surface area (Å²) in [5, 5.41) is 3.23. The first-order chi connectivity index (χ1) is 11.4. The molecule has 1 N–H and O–H groups in total. The van der Waals surface area contributed by atoms with Crippen LogP contribution in [0.5, 0.6) is 5.75 Å². The first-order valence-corrected chi connectivity index (χ1v) is 8.44. The Kier molecular flexibility index (Phi) is 6.34. The summed E-state index contributed by atoms with van der Waals surface area (Å²) in [6, 6.07) is 8.91. The minimum atomic E-state index is -0.791. The van der Waals surface area contributed by atoms with Crippen molar-refractivity contribution in [3.8, 4) is 5.75 Å². The van der Waals surface area contributed by atoms with E-state index in [1.165, 1.54) is 0 Å². The zero-order chi connectivity index (χ0) is 17.7. The molecule has 0 bridgehead atoms.